The van der Waals surface area contributed by atoms with Crippen molar-refractivity contribution in [3.8, 4) is 0 Å². The fourth-order valence-corrected chi connectivity index (χ4v) is 2.66. The van der Waals surface area contributed by atoms with E-state index in [0.29, 0.717) is 17.7 Å². The predicted molar refractivity (Wildman–Crippen MR) is 90.6 cm³/mol. The minimum absolute atomic E-state index is 0.240. The molecule has 128 valence electrons. The Hall–Kier alpha value is -3.15. The van der Waals surface area contributed by atoms with Crippen molar-refractivity contribution in [2.45, 2.75) is 20.4 Å². The third-order valence-corrected chi connectivity index (χ3v) is 4.00. The highest BCUT2D eigenvalue weighted by Gasteiger charge is 2.18. The van der Waals surface area contributed by atoms with Crippen LogP contribution >= 0.6 is 0 Å². The normalized spacial score (nSPS) is 10.6. The molecule has 6 heteroatoms. The molecule has 0 N–H and O–H groups in total. The number of aryl methyl sites for hydroxylation is 1. The number of carbonyl (C=O) groups is 2. The van der Waals surface area contributed by atoms with Crippen LogP contribution in [0, 0.1) is 13.8 Å². The fraction of sp³-hybridized carbons (Fsp3) is 0.211. The molecular formula is C19H18N2O4. The molecule has 3 heterocycles. The quantitative estimate of drug-likeness (QED) is 0.510. The smallest absolute Gasteiger partial charge is 0.340 e. The molecule has 0 fully saturated rings. The van der Waals surface area contributed by atoms with E-state index in [1.165, 1.54) is 6.20 Å². The maximum atomic E-state index is 12.4. The van der Waals surface area contributed by atoms with Gasteiger partial charge in [0.05, 0.1) is 18.4 Å². The van der Waals surface area contributed by atoms with E-state index in [0.717, 1.165) is 17.1 Å². The van der Waals surface area contributed by atoms with Crippen LogP contribution in [0.2, 0.25) is 0 Å². The Bertz CT molecular complexity index is 880. The lowest BCUT2D eigenvalue weighted by Crippen LogP contribution is -2.15. The summed E-state index contributed by atoms with van der Waals surface area (Å²) in [6.07, 6.45) is 4.59. The monoisotopic (exact) mass is 338 g/mol. The second-order valence-corrected chi connectivity index (χ2v) is 5.69. The van der Waals surface area contributed by atoms with Crippen molar-refractivity contribution in [3.63, 3.8) is 0 Å². The molecule has 0 aliphatic rings. The molecule has 0 amide bonds. The number of pyridine rings is 1. The largest absolute Gasteiger partial charge is 0.467 e. The summed E-state index contributed by atoms with van der Waals surface area (Å²) in [7, 11) is 0. The van der Waals surface area contributed by atoms with Gasteiger partial charge in [0.25, 0.3) is 0 Å². The van der Waals surface area contributed by atoms with E-state index >= 15 is 0 Å². The summed E-state index contributed by atoms with van der Waals surface area (Å²) in [6, 6.07) is 8.75. The molecule has 0 saturated heterocycles. The lowest BCUT2D eigenvalue weighted by molar-refractivity contribution is 0.0474. The van der Waals surface area contributed by atoms with Crippen LogP contribution in [0.5, 0.6) is 0 Å². The van der Waals surface area contributed by atoms with Crippen LogP contribution in [0.4, 0.5) is 0 Å². The molecule has 0 radical (unpaired) electrons. The van der Waals surface area contributed by atoms with Gasteiger partial charge >= 0.3 is 5.97 Å². The number of ketones is 1. The molecule has 0 aromatic carbocycles. The summed E-state index contributed by atoms with van der Waals surface area (Å²) < 4.78 is 12.5. The van der Waals surface area contributed by atoms with E-state index < -0.39 is 5.97 Å². The van der Waals surface area contributed by atoms with Crippen molar-refractivity contribution in [2.24, 2.45) is 0 Å². The Labute approximate surface area is 145 Å². The SMILES string of the molecule is Cc1cc(C(=O)COC(=O)c2cccnc2)c(C)n1Cc1ccco1. The summed E-state index contributed by atoms with van der Waals surface area (Å²) >= 11 is 0. The molecule has 3 aromatic rings. The number of esters is 1. The van der Waals surface area contributed by atoms with E-state index in [-0.39, 0.29) is 12.4 Å². The Balaban J connectivity index is 1.69. The van der Waals surface area contributed by atoms with Crippen LogP contribution in [0.25, 0.3) is 0 Å². The zero-order valence-electron chi connectivity index (χ0n) is 14.1. The van der Waals surface area contributed by atoms with Crippen molar-refractivity contribution in [3.05, 3.63) is 77.3 Å². The van der Waals surface area contributed by atoms with Crippen molar-refractivity contribution < 1.29 is 18.7 Å². The minimum Gasteiger partial charge on any atom is -0.467 e. The van der Waals surface area contributed by atoms with Crippen molar-refractivity contribution in [1.29, 1.82) is 0 Å². The molecule has 6 nitrogen and oxygen atoms in total. The molecule has 0 aliphatic carbocycles. The fourth-order valence-electron chi connectivity index (χ4n) is 2.66. The molecule has 3 aromatic heterocycles. The number of hydrogen-bond acceptors (Lipinski definition) is 5. The molecule has 0 saturated carbocycles. The lowest BCUT2D eigenvalue weighted by Gasteiger charge is -2.08. The van der Waals surface area contributed by atoms with Gasteiger partial charge in [-0.25, -0.2) is 4.79 Å². The summed E-state index contributed by atoms with van der Waals surface area (Å²) in [5.74, 6) is 0.00526. The highest BCUT2D eigenvalue weighted by Crippen LogP contribution is 2.18. The molecule has 0 aliphatic heterocycles. The van der Waals surface area contributed by atoms with Gasteiger partial charge in [-0.05, 0) is 44.2 Å². The number of carbonyl (C=O) groups excluding carboxylic acids is 2. The average Bonchev–Trinajstić information content (AvgIpc) is 3.24. The number of ether oxygens (including phenoxy) is 1. The molecule has 3 rings (SSSR count). The van der Waals surface area contributed by atoms with Crippen LogP contribution in [0.1, 0.15) is 37.9 Å². The first-order valence-corrected chi connectivity index (χ1v) is 7.85. The summed E-state index contributed by atoms with van der Waals surface area (Å²) in [6.45, 7) is 4.03. The number of aromatic nitrogens is 2. The van der Waals surface area contributed by atoms with Gasteiger partial charge in [0.2, 0.25) is 5.78 Å². The van der Waals surface area contributed by atoms with Crippen LogP contribution in [-0.4, -0.2) is 27.9 Å². The molecule has 0 unspecified atom stereocenters. The van der Waals surface area contributed by atoms with Gasteiger partial charge in [-0.1, -0.05) is 0 Å². The number of hydrogen-bond donors (Lipinski definition) is 0. The van der Waals surface area contributed by atoms with Gasteiger partial charge in [-0.2, -0.15) is 0 Å². The van der Waals surface area contributed by atoms with E-state index in [1.54, 1.807) is 30.7 Å². The number of nitrogens with zero attached hydrogens (tertiary/aromatic N) is 2. The Morgan fingerprint density at radius 3 is 2.76 bits per heavy atom. The number of rotatable bonds is 6. The Morgan fingerprint density at radius 1 is 1.24 bits per heavy atom. The third-order valence-electron chi connectivity index (χ3n) is 4.00. The molecule has 0 bridgehead atoms. The zero-order valence-corrected chi connectivity index (χ0v) is 14.1. The van der Waals surface area contributed by atoms with Crippen molar-refractivity contribution in [1.82, 2.24) is 9.55 Å². The minimum atomic E-state index is -0.564. The van der Waals surface area contributed by atoms with Crippen LogP contribution in [-0.2, 0) is 11.3 Å². The second kappa shape index (κ2) is 7.17. The van der Waals surface area contributed by atoms with Gasteiger partial charge in [0, 0.05) is 29.3 Å². The standard InChI is InChI=1S/C19H18N2O4/c1-13-9-17(14(2)21(13)11-16-6-4-8-24-16)18(22)12-25-19(23)15-5-3-7-20-10-15/h3-10H,11-12H2,1-2H3. The van der Waals surface area contributed by atoms with Crippen LogP contribution in [0.3, 0.4) is 0 Å². The summed E-state index contributed by atoms with van der Waals surface area (Å²) in [5.41, 5.74) is 2.62. The number of furan rings is 1. The second-order valence-electron chi connectivity index (χ2n) is 5.69. The van der Waals surface area contributed by atoms with Gasteiger partial charge in [0.15, 0.2) is 6.61 Å². The van der Waals surface area contributed by atoms with Gasteiger partial charge in [0.1, 0.15) is 5.76 Å². The Kier molecular flexibility index (Phi) is 4.79. The van der Waals surface area contributed by atoms with Gasteiger partial charge in [-0.3, -0.25) is 9.78 Å². The van der Waals surface area contributed by atoms with E-state index in [1.807, 2.05) is 30.5 Å². The molecule has 25 heavy (non-hydrogen) atoms. The third kappa shape index (κ3) is 3.68. The first-order chi connectivity index (χ1) is 12.1. The van der Waals surface area contributed by atoms with E-state index in [9.17, 15) is 9.59 Å². The van der Waals surface area contributed by atoms with Crippen LogP contribution in [0.15, 0.2) is 53.4 Å². The maximum Gasteiger partial charge on any atom is 0.340 e. The zero-order chi connectivity index (χ0) is 17.8. The average molecular weight is 338 g/mol. The first kappa shape index (κ1) is 16.7. The number of Topliss-reactive ketones (excluding diaryl/α,β-unsaturated/α-hetero) is 1. The highest BCUT2D eigenvalue weighted by atomic mass is 16.5. The van der Waals surface area contributed by atoms with Crippen molar-refractivity contribution >= 4 is 11.8 Å². The summed E-state index contributed by atoms with van der Waals surface area (Å²) in [5, 5.41) is 0. The molecular weight excluding hydrogens is 320 g/mol. The first-order valence-electron chi connectivity index (χ1n) is 7.85. The van der Waals surface area contributed by atoms with E-state index in [4.69, 9.17) is 9.15 Å². The van der Waals surface area contributed by atoms with Crippen LogP contribution < -0.4 is 0 Å². The van der Waals surface area contributed by atoms with Crippen molar-refractivity contribution in [2.75, 3.05) is 6.61 Å². The summed E-state index contributed by atoms with van der Waals surface area (Å²) in [4.78, 5) is 28.2. The van der Waals surface area contributed by atoms with Gasteiger partial charge < -0.3 is 13.7 Å². The molecule has 0 atom stereocenters. The Morgan fingerprint density at radius 2 is 2.08 bits per heavy atom. The maximum absolute atomic E-state index is 12.4. The predicted octanol–water partition coefficient (Wildman–Crippen LogP) is 3.18. The molecule has 0 spiro atoms. The van der Waals surface area contributed by atoms with E-state index in [2.05, 4.69) is 4.98 Å². The lowest BCUT2D eigenvalue weighted by atomic mass is 10.1. The topological polar surface area (TPSA) is 74.3 Å². The highest BCUT2D eigenvalue weighted by molar-refractivity contribution is 6.00. The van der Waals surface area contributed by atoms with Gasteiger partial charge in [-0.15, -0.1) is 0 Å².